The standard InChI is InChI=1S/C3H5N.C3H6O2.C2H5Br.5C2H6.4CH4.18W/c1-2-3-4;1-2-3(4)5;1-2-3;5*1-2;;;;;;;;;;;;;;;;;;;;;;/h2H2,1H3;2H2,1H3,(H,4,5);2H2,1H3;5*1-2H3;4*1H4;;;;;;;;;;;;;;;;;;. The molecule has 0 rings (SSSR count). The summed E-state index contributed by atoms with van der Waals surface area (Å²) in [6, 6.07) is 1.93. The number of nitriles is 1. The summed E-state index contributed by atoms with van der Waals surface area (Å²) < 4.78 is 0. The van der Waals surface area contributed by atoms with Gasteiger partial charge in [-0.05, 0) is 0 Å². The molecule has 0 aliphatic heterocycles. The van der Waals surface area contributed by atoms with Crippen molar-refractivity contribution in [3.8, 4) is 6.07 Å². The third-order valence-corrected chi connectivity index (χ3v) is 0.461. The first kappa shape index (κ1) is 252. The summed E-state index contributed by atoms with van der Waals surface area (Å²) in [6.07, 6.45) is 0.847. The fourth-order valence-electron chi connectivity index (χ4n) is 0. The zero-order valence-corrected chi connectivity index (χ0v) is 79.5. The fraction of sp³-hybridized carbons (Fsp3) is 0.909. The molecule has 0 fully saturated rings. The second-order valence-corrected chi connectivity index (χ2v) is 2.65. The molecule has 0 aromatic rings. The smallest absolute Gasteiger partial charge is 0.303 e. The number of carbonyl (C=O) groups is 1. The molecule has 0 bridgehead atoms. The van der Waals surface area contributed by atoms with Crippen LogP contribution in [-0.4, -0.2) is 16.4 Å². The predicted molar refractivity (Wildman–Crippen MR) is 137 cm³/mol. The third-order valence-electron chi connectivity index (χ3n) is 0.461. The number of carboxylic acids is 1. The molecule has 44 heavy (non-hydrogen) atoms. The molecular formula is C22H62BrNO2W18. The maximum absolute atomic E-state index is 9.37. The van der Waals surface area contributed by atoms with Gasteiger partial charge in [-0.15, -0.1) is 0 Å². The van der Waals surface area contributed by atoms with Crippen LogP contribution in [-0.2, 0) is 384 Å². The normalized spacial score (nSPS) is 2.39. The van der Waals surface area contributed by atoms with Crippen molar-refractivity contribution in [2.24, 2.45) is 0 Å². The summed E-state index contributed by atoms with van der Waals surface area (Å²) in [6.45, 7) is 25.5. The average molecular weight is 3760 g/mol. The van der Waals surface area contributed by atoms with Crippen molar-refractivity contribution in [1.29, 1.82) is 5.26 Å². The Hall–Kier alpha value is 11.8. The Balaban J connectivity index is -0.00000000173. The molecule has 0 unspecified atom stereocenters. The van der Waals surface area contributed by atoms with E-state index in [1.54, 1.807) is 6.92 Å². The molecule has 0 aliphatic rings. The molecule has 1 N–H and O–H groups in total. The summed E-state index contributed by atoms with van der Waals surface area (Å²) in [5.74, 6) is -0.745. The molecule has 282 valence electrons. The Kier molecular flexibility index (Phi) is 2560. The van der Waals surface area contributed by atoms with E-state index in [0.29, 0.717) is 6.42 Å². The molecule has 0 radical (unpaired) electrons. The summed E-state index contributed by atoms with van der Waals surface area (Å²) in [4.78, 5) is 9.37. The molecular weight excluding hydrogens is 3700 g/mol. The Bertz CT molecular complexity index is 169. The minimum Gasteiger partial charge on any atom is -0.481 e. The molecule has 0 spiro atoms. The van der Waals surface area contributed by atoms with E-state index in [9.17, 15) is 4.79 Å². The van der Waals surface area contributed by atoms with Crippen molar-refractivity contribution in [2.75, 3.05) is 5.33 Å². The first-order chi connectivity index (χ1) is 10.6. The molecule has 0 saturated carbocycles. The molecule has 0 atom stereocenters. The molecule has 0 aliphatic carbocycles. The second kappa shape index (κ2) is 448. The van der Waals surface area contributed by atoms with E-state index >= 15 is 0 Å². The Morgan fingerprint density at radius 3 is 0.523 bits per heavy atom. The topological polar surface area (TPSA) is 61.1 Å². The Morgan fingerprint density at radius 2 is 0.523 bits per heavy atom. The summed E-state index contributed by atoms with van der Waals surface area (Å²) >= 11 is 3.15. The number of nitrogens with zero attached hydrogens (tertiary/aromatic N) is 1. The van der Waals surface area contributed by atoms with Crippen LogP contribution in [0, 0.1) is 11.3 Å². The first-order valence-electron chi connectivity index (χ1n) is 8.75. The van der Waals surface area contributed by atoms with Gasteiger partial charge in [-0.25, -0.2) is 0 Å². The van der Waals surface area contributed by atoms with Crippen LogP contribution in [0.4, 0.5) is 0 Å². The zero-order chi connectivity index (χ0) is 20.4. The van der Waals surface area contributed by atoms with Crippen molar-refractivity contribution in [3.05, 3.63) is 0 Å². The number of hydrogen-bond donors (Lipinski definition) is 1. The van der Waals surface area contributed by atoms with E-state index in [4.69, 9.17) is 10.4 Å². The van der Waals surface area contributed by atoms with Gasteiger partial charge in [0.05, 0.1) is 6.07 Å². The van der Waals surface area contributed by atoms with Gasteiger partial charge in [0.2, 0.25) is 0 Å². The van der Waals surface area contributed by atoms with Gasteiger partial charge < -0.3 is 5.11 Å². The van der Waals surface area contributed by atoms with Crippen molar-refractivity contribution >= 4 is 21.9 Å². The number of rotatable bonds is 1. The fourth-order valence-corrected chi connectivity index (χ4v) is 0. The monoisotopic (exact) mass is 3760 g/mol. The van der Waals surface area contributed by atoms with Crippen molar-refractivity contribution < 1.29 is 389 Å². The minimum absolute atomic E-state index is 0. The van der Waals surface area contributed by atoms with Gasteiger partial charge in [-0.1, -0.05) is 136 Å². The minimum atomic E-state index is -0.745. The van der Waals surface area contributed by atoms with Crippen molar-refractivity contribution in [2.45, 2.75) is 133 Å². The first-order valence-corrected chi connectivity index (χ1v) is 9.87. The van der Waals surface area contributed by atoms with E-state index in [0.717, 1.165) is 5.33 Å². The van der Waals surface area contributed by atoms with Gasteiger partial charge in [-0.3, -0.25) is 4.79 Å². The van der Waals surface area contributed by atoms with Crippen LogP contribution in [0.2, 0.25) is 0 Å². The van der Waals surface area contributed by atoms with Gasteiger partial charge in [0.15, 0.2) is 0 Å². The van der Waals surface area contributed by atoms with E-state index in [2.05, 4.69) is 15.9 Å². The number of hydrogen-bond acceptors (Lipinski definition) is 2. The summed E-state index contributed by atoms with van der Waals surface area (Å²) in [5.41, 5.74) is 0. The Labute approximate surface area is 548 Å². The second-order valence-electron chi connectivity index (χ2n) is 1.53. The number of aliphatic carboxylic acids is 1. The van der Waals surface area contributed by atoms with Crippen LogP contribution in [0.15, 0.2) is 0 Å². The number of carboxylic acid groups (broad SMARTS) is 1. The largest absolute Gasteiger partial charge is 0.481 e. The van der Waals surface area contributed by atoms with Crippen molar-refractivity contribution in [3.63, 3.8) is 0 Å². The molecule has 22 heteroatoms. The van der Waals surface area contributed by atoms with E-state index in [-0.39, 0.29) is 415 Å². The average Bonchev–Trinajstić information content (AvgIpc) is 2.64. The molecule has 0 saturated heterocycles. The number of alkyl halides is 1. The summed E-state index contributed by atoms with van der Waals surface area (Å²) in [7, 11) is 0. The summed E-state index contributed by atoms with van der Waals surface area (Å²) in [5, 5.41) is 16.4. The van der Waals surface area contributed by atoms with Gasteiger partial charge >= 0.3 is 5.97 Å². The van der Waals surface area contributed by atoms with Gasteiger partial charge in [0.1, 0.15) is 0 Å². The van der Waals surface area contributed by atoms with Crippen LogP contribution < -0.4 is 0 Å². The maximum Gasteiger partial charge on any atom is 0.303 e. The Morgan fingerprint density at radius 1 is 0.477 bits per heavy atom. The maximum atomic E-state index is 9.37. The third kappa shape index (κ3) is 683. The molecule has 0 aromatic heterocycles. The predicted octanol–water partition coefficient (Wildman–Crippen LogP) is 10.4. The van der Waals surface area contributed by atoms with Gasteiger partial charge in [0.25, 0.3) is 0 Å². The zero-order valence-electron chi connectivity index (χ0n) is 25.2. The van der Waals surface area contributed by atoms with Crippen LogP contribution in [0.5, 0.6) is 0 Å². The molecule has 0 amide bonds. The molecule has 0 heterocycles. The van der Waals surface area contributed by atoms with Crippen molar-refractivity contribution in [1.82, 2.24) is 0 Å². The quantitative estimate of drug-likeness (QED) is 0.266. The van der Waals surface area contributed by atoms with E-state index in [1.165, 1.54) is 0 Å². The van der Waals surface area contributed by atoms with Crippen LogP contribution in [0.1, 0.15) is 133 Å². The van der Waals surface area contributed by atoms with Crippen LogP contribution in [0.3, 0.4) is 0 Å². The molecule has 0 aromatic carbocycles. The SMILES string of the molecule is C.C.C.C.CC.CC.CC.CC.CC.CCBr.CCC#N.CCC(=O)O.[W].[W].[W].[W].[W].[W].[W].[W].[W].[W].[W].[W].[W].[W].[W].[W].[W].[W]. The van der Waals surface area contributed by atoms with Crippen LogP contribution >= 0.6 is 15.9 Å². The van der Waals surface area contributed by atoms with E-state index < -0.39 is 5.97 Å². The van der Waals surface area contributed by atoms with Gasteiger partial charge in [0, 0.05) is 397 Å². The van der Waals surface area contributed by atoms with E-state index in [1.807, 2.05) is 89.2 Å². The number of halogens is 1. The van der Waals surface area contributed by atoms with Crippen LogP contribution in [0.25, 0.3) is 0 Å². The van der Waals surface area contributed by atoms with Gasteiger partial charge in [-0.2, -0.15) is 5.26 Å². The molecule has 3 nitrogen and oxygen atoms in total.